The van der Waals surface area contributed by atoms with Crippen LogP contribution in [0.5, 0.6) is 0 Å². The van der Waals surface area contributed by atoms with Crippen molar-refractivity contribution in [1.82, 2.24) is 15.2 Å². The first-order chi connectivity index (χ1) is 13.5. The van der Waals surface area contributed by atoms with Crippen LogP contribution in [0.1, 0.15) is 29.9 Å². The van der Waals surface area contributed by atoms with Gasteiger partial charge in [-0.25, -0.2) is 0 Å². The molecule has 0 aliphatic carbocycles. The number of aromatic nitrogens is 1. The van der Waals surface area contributed by atoms with Crippen LogP contribution in [-0.4, -0.2) is 42.0 Å². The summed E-state index contributed by atoms with van der Waals surface area (Å²) in [4.78, 5) is 20.5. The Hall–Kier alpha value is -1.95. The predicted molar refractivity (Wildman–Crippen MR) is 119 cm³/mol. The van der Waals surface area contributed by atoms with E-state index in [1.807, 2.05) is 24.3 Å². The van der Waals surface area contributed by atoms with E-state index in [1.54, 1.807) is 11.8 Å². The number of carbonyl (C=O) groups is 1. The van der Waals surface area contributed by atoms with Crippen LogP contribution in [0.2, 0.25) is 5.02 Å². The van der Waals surface area contributed by atoms with Gasteiger partial charge < -0.3 is 15.2 Å². The van der Waals surface area contributed by atoms with Crippen molar-refractivity contribution in [2.75, 3.05) is 26.2 Å². The number of H-pyrrole nitrogens is 1. The zero-order valence-corrected chi connectivity index (χ0v) is 18.1. The molecule has 1 aromatic heterocycles. The van der Waals surface area contributed by atoms with E-state index in [9.17, 15) is 4.79 Å². The third-order valence-corrected chi connectivity index (χ3v) is 6.16. The Morgan fingerprint density at radius 2 is 1.86 bits per heavy atom. The molecule has 1 heterocycles. The van der Waals surface area contributed by atoms with Crippen LogP contribution in [-0.2, 0) is 0 Å². The summed E-state index contributed by atoms with van der Waals surface area (Å²) in [5.41, 5.74) is 2.75. The molecule has 0 spiro atoms. The van der Waals surface area contributed by atoms with Crippen LogP contribution < -0.4 is 5.32 Å². The molecule has 2 N–H and O–H groups in total. The number of halogens is 1. The third kappa shape index (κ3) is 4.90. The highest BCUT2D eigenvalue weighted by Crippen LogP contribution is 2.37. The number of nitrogens with zero attached hydrogens (tertiary/aromatic N) is 1. The molecule has 0 aliphatic heterocycles. The Balaban J connectivity index is 1.87. The number of hydrogen-bond donors (Lipinski definition) is 2. The first-order valence-corrected chi connectivity index (χ1v) is 10.8. The zero-order chi connectivity index (χ0) is 20.1. The van der Waals surface area contributed by atoms with E-state index in [4.69, 9.17) is 11.6 Å². The van der Waals surface area contributed by atoms with Crippen molar-refractivity contribution in [3.8, 4) is 0 Å². The molecule has 28 heavy (non-hydrogen) atoms. The Bertz CT molecular complexity index is 948. The van der Waals surface area contributed by atoms with Crippen molar-refractivity contribution in [2.24, 2.45) is 0 Å². The van der Waals surface area contributed by atoms with Crippen LogP contribution >= 0.6 is 23.4 Å². The van der Waals surface area contributed by atoms with Gasteiger partial charge in [0.05, 0.1) is 4.90 Å². The molecule has 0 saturated carbocycles. The van der Waals surface area contributed by atoms with E-state index in [1.165, 1.54) is 0 Å². The van der Waals surface area contributed by atoms with Gasteiger partial charge in [0.15, 0.2) is 0 Å². The van der Waals surface area contributed by atoms with E-state index in [0.29, 0.717) is 17.3 Å². The molecule has 0 unspecified atom stereocenters. The van der Waals surface area contributed by atoms with Crippen molar-refractivity contribution < 1.29 is 4.79 Å². The molecule has 0 atom stereocenters. The minimum atomic E-state index is -0.0718. The predicted octanol–water partition coefficient (Wildman–Crippen LogP) is 5.35. The lowest BCUT2D eigenvalue weighted by Gasteiger charge is -2.17. The topological polar surface area (TPSA) is 48.1 Å². The van der Waals surface area contributed by atoms with Gasteiger partial charge in [0.2, 0.25) is 0 Å². The van der Waals surface area contributed by atoms with E-state index in [2.05, 4.69) is 54.2 Å². The van der Waals surface area contributed by atoms with Gasteiger partial charge in [0.1, 0.15) is 5.69 Å². The zero-order valence-electron chi connectivity index (χ0n) is 16.5. The molecule has 1 amide bonds. The number of carbonyl (C=O) groups excluding carboxylic acids is 1. The van der Waals surface area contributed by atoms with Crippen LogP contribution in [0.3, 0.4) is 0 Å². The highest BCUT2D eigenvalue weighted by Gasteiger charge is 2.19. The second kappa shape index (κ2) is 9.50. The number of nitrogens with one attached hydrogen (secondary N) is 2. The number of benzene rings is 2. The minimum Gasteiger partial charge on any atom is -0.350 e. The highest BCUT2D eigenvalue weighted by molar-refractivity contribution is 7.99. The van der Waals surface area contributed by atoms with Gasteiger partial charge in [-0.3, -0.25) is 4.79 Å². The first kappa shape index (κ1) is 20.8. The molecule has 3 aromatic rings. The standard InChI is InChI=1S/C22H26ClN3OS/c1-4-26(5-2)13-12-24-22(27)20-21(28-17-9-7-16(23)8-10-17)18-11-6-15(3)14-19(18)25-20/h6-11,14,25H,4-5,12-13H2,1-3H3,(H,24,27). The quantitative estimate of drug-likeness (QED) is 0.521. The molecule has 6 heteroatoms. The van der Waals surface area contributed by atoms with Gasteiger partial charge in [-0.15, -0.1) is 0 Å². The molecule has 0 aliphatic rings. The second-order valence-electron chi connectivity index (χ2n) is 6.72. The number of aryl methyl sites for hydroxylation is 1. The third-order valence-electron chi connectivity index (χ3n) is 4.78. The number of likely N-dealkylation sites (N-methyl/N-ethyl adjacent to an activating group) is 1. The lowest BCUT2D eigenvalue weighted by Crippen LogP contribution is -2.35. The van der Waals surface area contributed by atoms with Crippen molar-refractivity contribution in [2.45, 2.75) is 30.6 Å². The van der Waals surface area contributed by atoms with E-state index in [0.717, 1.165) is 45.9 Å². The molecule has 0 fully saturated rings. The molecule has 148 valence electrons. The summed E-state index contributed by atoms with van der Waals surface area (Å²) in [6.45, 7) is 9.75. The fourth-order valence-electron chi connectivity index (χ4n) is 3.13. The van der Waals surface area contributed by atoms with Crippen molar-refractivity contribution in [3.63, 3.8) is 0 Å². The first-order valence-electron chi connectivity index (χ1n) is 9.58. The highest BCUT2D eigenvalue weighted by atomic mass is 35.5. The molecule has 3 rings (SSSR count). The van der Waals surface area contributed by atoms with Crippen LogP contribution in [0.4, 0.5) is 0 Å². The number of rotatable bonds is 8. The maximum Gasteiger partial charge on any atom is 0.268 e. The van der Waals surface area contributed by atoms with Gasteiger partial charge in [-0.2, -0.15) is 0 Å². The summed E-state index contributed by atoms with van der Waals surface area (Å²) in [6.07, 6.45) is 0. The fraction of sp³-hybridized carbons (Fsp3) is 0.318. The van der Waals surface area contributed by atoms with Crippen LogP contribution in [0.25, 0.3) is 10.9 Å². The van der Waals surface area contributed by atoms with Crippen LogP contribution in [0, 0.1) is 6.92 Å². The summed E-state index contributed by atoms with van der Waals surface area (Å²) >= 11 is 7.59. The summed E-state index contributed by atoms with van der Waals surface area (Å²) in [7, 11) is 0. The molecular formula is C22H26ClN3OS. The molecule has 2 aromatic carbocycles. The van der Waals surface area contributed by atoms with Gasteiger partial charge in [0.25, 0.3) is 5.91 Å². The summed E-state index contributed by atoms with van der Waals surface area (Å²) < 4.78 is 0. The van der Waals surface area contributed by atoms with Crippen LogP contribution in [0.15, 0.2) is 52.3 Å². The van der Waals surface area contributed by atoms with E-state index < -0.39 is 0 Å². The Morgan fingerprint density at radius 3 is 2.54 bits per heavy atom. The summed E-state index contributed by atoms with van der Waals surface area (Å²) in [6, 6.07) is 13.9. The van der Waals surface area contributed by atoms with E-state index in [-0.39, 0.29) is 5.91 Å². The molecular weight excluding hydrogens is 390 g/mol. The number of fused-ring (bicyclic) bond motifs is 1. The Morgan fingerprint density at radius 1 is 1.14 bits per heavy atom. The molecule has 4 nitrogen and oxygen atoms in total. The number of amides is 1. The maximum atomic E-state index is 12.9. The Labute approximate surface area is 175 Å². The van der Waals surface area contributed by atoms with Crippen molar-refractivity contribution in [1.29, 1.82) is 0 Å². The number of hydrogen-bond acceptors (Lipinski definition) is 3. The minimum absolute atomic E-state index is 0.0718. The largest absolute Gasteiger partial charge is 0.350 e. The molecule has 0 bridgehead atoms. The SMILES string of the molecule is CCN(CC)CCNC(=O)c1[nH]c2cc(C)ccc2c1Sc1ccc(Cl)cc1. The lowest BCUT2D eigenvalue weighted by molar-refractivity contribution is 0.0942. The normalized spacial score (nSPS) is 11.3. The van der Waals surface area contributed by atoms with Crippen molar-refractivity contribution in [3.05, 3.63) is 58.7 Å². The fourth-order valence-corrected chi connectivity index (χ4v) is 4.30. The smallest absolute Gasteiger partial charge is 0.268 e. The Kier molecular flexibility index (Phi) is 7.05. The lowest BCUT2D eigenvalue weighted by atomic mass is 10.2. The van der Waals surface area contributed by atoms with E-state index >= 15 is 0 Å². The average Bonchev–Trinajstić information content (AvgIpc) is 3.04. The number of aromatic amines is 1. The molecule has 0 radical (unpaired) electrons. The average molecular weight is 416 g/mol. The monoisotopic (exact) mass is 415 g/mol. The van der Waals surface area contributed by atoms with Gasteiger partial charge in [0, 0.05) is 33.9 Å². The van der Waals surface area contributed by atoms with Gasteiger partial charge in [-0.05, 0) is 55.9 Å². The van der Waals surface area contributed by atoms with Gasteiger partial charge >= 0.3 is 0 Å². The summed E-state index contributed by atoms with van der Waals surface area (Å²) in [5, 5.41) is 4.82. The van der Waals surface area contributed by atoms with Crippen molar-refractivity contribution >= 4 is 40.2 Å². The molecule has 0 saturated heterocycles. The summed E-state index contributed by atoms with van der Waals surface area (Å²) in [5.74, 6) is -0.0718. The second-order valence-corrected chi connectivity index (χ2v) is 8.24. The maximum absolute atomic E-state index is 12.9. The van der Waals surface area contributed by atoms with Gasteiger partial charge in [-0.1, -0.05) is 49.3 Å².